The molecule has 1 aliphatic heterocycles. The average molecular weight is 610 g/mol. The van der Waals surface area contributed by atoms with Crippen molar-refractivity contribution in [2.45, 2.75) is 32.1 Å². The summed E-state index contributed by atoms with van der Waals surface area (Å²) in [5, 5.41) is 7.29. The quantitative estimate of drug-likeness (QED) is 0.215. The minimum atomic E-state index is -0.467. The lowest BCUT2D eigenvalue weighted by molar-refractivity contribution is 0.0981. The van der Waals surface area contributed by atoms with E-state index in [0.717, 1.165) is 45.8 Å². The molecular formula is C33H28FN5O2S2. The largest absolute Gasteiger partial charge is 0.319 e. The van der Waals surface area contributed by atoms with Gasteiger partial charge in [-0.1, -0.05) is 36.4 Å². The van der Waals surface area contributed by atoms with Gasteiger partial charge in [0.05, 0.1) is 33.8 Å². The predicted molar refractivity (Wildman–Crippen MR) is 171 cm³/mol. The topological polar surface area (TPSA) is 80.1 Å². The molecule has 0 radical (unpaired) electrons. The van der Waals surface area contributed by atoms with Crippen LogP contribution in [0.15, 0.2) is 72.9 Å². The normalized spacial score (nSPS) is 14.2. The molecule has 1 fully saturated rings. The van der Waals surface area contributed by atoms with Crippen molar-refractivity contribution >= 4 is 46.5 Å². The number of amides is 2. The lowest BCUT2D eigenvalue weighted by Crippen LogP contribution is -2.33. The van der Waals surface area contributed by atoms with Crippen molar-refractivity contribution in [3.8, 4) is 21.7 Å². The van der Waals surface area contributed by atoms with Gasteiger partial charge >= 0.3 is 0 Å². The van der Waals surface area contributed by atoms with Crippen molar-refractivity contribution in [2.75, 3.05) is 23.0 Å². The molecule has 0 bridgehead atoms. The summed E-state index contributed by atoms with van der Waals surface area (Å²) in [5.74, 6) is -0.522. The number of thiophene rings is 1. The van der Waals surface area contributed by atoms with Gasteiger partial charge in [-0.25, -0.2) is 13.5 Å². The van der Waals surface area contributed by atoms with Gasteiger partial charge in [0, 0.05) is 34.7 Å². The fraction of sp³-hybridized carbons (Fsp3) is 0.212. The van der Waals surface area contributed by atoms with E-state index in [1.54, 1.807) is 42.0 Å². The number of nitrogens with zero attached hydrogens (tertiary/aromatic N) is 4. The molecule has 1 saturated carbocycles. The molecule has 5 aromatic rings. The lowest BCUT2D eigenvalue weighted by Gasteiger charge is -2.23. The number of carbonyl (C=O) groups excluding carboxylic acids is 2. The third kappa shape index (κ3) is 5.04. The molecule has 0 unspecified atom stereocenters. The van der Waals surface area contributed by atoms with E-state index in [2.05, 4.69) is 10.4 Å². The SMILES string of the molecule is CSn1ncc(-c2cccc(C(=O)N3CCc4cc(C(=O)Nc5c(C)cccc5F)sc4-c4ccccc43)n2)c1C1CC1. The van der Waals surface area contributed by atoms with Crippen LogP contribution in [0.1, 0.15) is 55.7 Å². The molecule has 3 aromatic heterocycles. The molecule has 4 heterocycles. The summed E-state index contributed by atoms with van der Waals surface area (Å²) >= 11 is 2.92. The number of anilines is 2. The minimum Gasteiger partial charge on any atom is -0.319 e. The Balaban J connectivity index is 1.19. The van der Waals surface area contributed by atoms with E-state index in [9.17, 15) is 14.0 Å². The Labute approximate surface area is 256 Å². The van der Waals surface area contributed by atoms with Crippen LogP contribution in [0.3, 0.4) is 0 Å². The Hall–Kier alpha value is -4.28. The number of hydrogen-bond donors (Lipinski definition) is 1. The number of para-hydroxylation sites is 2. The number of rotatable bonds is 6. The van der Waals surface area contributed by atoms with E-state index in [1.807, 2.05) is 59.0 Å². The number of nitrogens with one attached hydrogen (secondary N) is 1. The predicted octanol–water partition coefficient (Wildman–Crippen LogP) is 7.58. The van der Waals surface area contributed by atoms with Gasteiger partial charge in [0.15, 0.2) is 0 Å². The number of aryl methyl sites for hydroxylation is 1. The molecule has 0 saturated heterocycles. The van der Waals surface area contributed by atoms with Crippen LogP contribution in [-0.4, -0.2) is 38.8 Å². The van der Waals surface area contributed by atoms with Crippen molar-refractivity contribution in [1.82, 2.24) is 14.2 Å². The molecule has 0 spiro atoms. The van der Waals surface area contributed by atoms with Gasteiger partial charge in [0.1, 0.15) is 11.5 Å². The number of carbonyl (C=O) groups is 2. The highest BCUT2D eigenvalue weighted by molar-refractivity contribution is 7.97. The number of hydrogen-bond acceptors (Lipinski definition) is 6. The van der Waals surface area contributed by atoms with Crippen molar-refractivity contribution in [2.24, 2.45) is 0 Å². The van der Waals surface area contributed by atoms with Crippen LogP contribution in [-0.2, 0) is 6.42 Å². The second-order valence-electron chi connectivity index (χ2n) is 10.8. The van der Waals surface area contributed by atoms with E-state index in [-0.39, 0.29) is 17.5 Å². The average Bonchev–Trinajstić information content (AvgIpc) is 3.66. The van der Waals surface area contributed by atoms with Crippen LogP contribution < -0.4 is 10.2 Å². The first-order chi connectivity index (χ1) is 20.9. The van der Waals surface area contributed by atoms with Gasteiger partial charge < -0.3 is 10.2 Å². The smallest absolute Gasteiger partial charge is 0.276 e. The van der Waals surface area contributed by atoms with E-state index >= 15 is 0 Å². The van der Waals surface area contributed by atoms with Crippen LogP contribution in [0.4, 0.5) is 15.8 Å². The number of fused-ring (bicyclic) bond motifs is 3. The summed E-state index contributed by atoms with van der Waals surface area (Å²) < 4.78 is 16.4. The molecule has 0 atom stereocenters. The number of benzene rings is 2. The lowest BCUT2D eigenvalue weighted by atomic mass is 10.1. The monoisotopic (exact) mass is 609 g/mol. The summed E-state index contributed by atoms with van der Waals surface area (Å²) in [7, 11) is 0. The Morgan fingerprint density at radius 3 is 2.65 bits per heavy atom. The van der Waals surface area contributed by atoms with Crippen LogP contribution in [0.5, 0.6) is 0 Å². The van der Waals surface area contributed by atoms with Crippen molar-refractivity contribution < 1.29 is 14.0 Å². The highest BCUT2D eigenvalue weighted by Crippen LogP contribution is 2.45. The van der Waals surface area contributed by atoms with Crippen LogP contribution in [0.25, 0.3) is 21.7 Å². The molecule has 43 heavy (non-hydrogen) atoms. The molecule has 1 aliphatic carbocycles. The summed E-state index contributed by atoms with van der Waals surface area (Å²) in [5.41, 5.74) is 6.73. The summed E-state index contributed by atoms with van der Waals surface area (Å²) in [4.78, 5) is 35.3. The zero-order chi connectivity index (χ0) is 29.7. The summed E-state index contributed by atoms with van der Waals surface area (Å²) in [6, 6.07) is 19.9. The van der Waals surface area contributed by atoms with E-state index < -0.39 is 5.82 Å². The number of aromatic nitrogens is 3. The van der Waals surface area contributed by atoms with Gasteiger partial charge in [0.25, 0.3) is 11.8 Å². The zero-order valence-corrected chi connectivity index (χ0v) is 25.3. The zero-order valence-electron chi connectivity index (χ0n) is 23.6. The van der Waals surface area contributed by atoms with Crippen molar-refractivity contribution in [3.05, 3.63) is 106 Å². The Kier molecular flexibility index (Phi) is 7.10. The molecular weight excluding hydrogens is 582 g/mol. The maximum absolute atomic E-state index is 14.4. The van der Waals surface area contributed by atoms with Crippen LogP contribution in [0, 0.1) is 12.7 Å². The Morgan fingerprint density at radius 1 is 1.05 bits per heavy atom. The first-order valence-corrected chi connectivity index (χ1v) is 16.1. The highest BCUT2D eigenvalue weighted by atomic mass is 32.2. The van der Waals surface area contributed by atoms with E-state index in [0.29, 0.717) is 35.0 Å². The standard InChI is InChI=1S/C33H28FN5O2S2/c1-19-7-5-9-24(34)29(19)37-32(40)28-17-21-15-16-38(27-12-4-3-8-22(27)31(21)43-28)33(41)26-11-6-10-25(36-26)23-18-35-39(42-2)30(23)20-13-14-20/h3-12,17-18,20H,13-16H2,1-2H3,(H,37,40). The summed E-state index contributed by atoms with van der Waals surface area (Å²) in [6.45, 7) is 2.19. The molecule has 2 aromatic carbocycles. The second-order valence-corrected chi connectivity index (χ2v) is 12.5. The van der Waals surface area contributed by atoms with Gasteiger partial charge in [-0.3, -0.25) is 9.59 Å². The van der Waals surface area contributed by atoms with Gasteiger partial charge in [-0.15, -0.1) is 11.3 Å². The first kappa shape index (κ1) is 27.5. The third-order valence-corrected chi connectivity index (χ3v) is 9.78. The van der Waals surface area contributed by atoms with E-state index in [4.69, 9.17) is 4.98 Å². The fourth-order valence-electron chi connectivity index (χ4n) is 5.64. The fourth-order valence-corrected chi connectivity index (χ4v) is 7.37. The van der Waals surface area contributed by atoms with Crippen LogP contribution >= 0.6 is 23.3 Å². The molecule has 216 valence electrons. The molecule has 2 amide bonds. The number of halogens is 1. The van der Waals surface area contributed by atoms with Gasteiger partial charge in [-0.2, -0.15) is 5.10 Å². The van der Waals surface area contributed by atoms with Crippen molar-refractivity contribution in [1.29, 1.82) is 0 Å². The Bertz CT molecular complexity index is 1870. The van der Waals surface area contributed by atoms with Crippen molar-refractivity contribution in [3.63, 3.8) is 0 Å². The number of pyridine rings is 1. The molecule has 7 rings (SSSR count). The third-order valence-electron chi connectivity index (χ3n) is 7.94. The second kappa shape index (κ2) is 11.1. The Morgan fingerprint density at radius 2 is 1.86 bits per heavy atom. The van der Waals surface area contributed by atoms with E-state index in [1.165, 1.54) is 23.1 Å². The first-order valence-electron chi connectivity index (χ1n) is 14.1. The van der Waals surface area contributed by atoms with Gasteiger partial charge in [-0.05, 0) is 79.6 Å². The highest BCUT2D eigenvalue weighted by Gasteiger charge is 2.32. The molecule has 10 heteroatoms. The van der Waals surface area contributed by atoms with Gasteiger partial charge in [0.2, 0.25) is 0 Å². The molecule has 7 nitrogen and oxygen atoms in total. The van der Waals surface area contributed by atoms with Crippen LogP contribution in [0.2, 0.25) is 0 Å². The molecule has 1 N–H and O–H groups in total. The summed E-state index contributed by atoms with van der Waals surface area (Å²) in [6.07, 6.45) is 6.69. The maximum Gasteiger partial charge on any atom is 0.276 e. The molecule has 2 aliphatic rings. The maximum atomic E-state index is 14.4. The minimum absolute atomic E-state index is 0.178.